The first-order valence-corrected chi connectivity index (χ1v) is 6.13. The molecule has 1 aromatic rings. The molecule has 2 nitrogen and oxygen atoms in total. The van der Waals surface area contributed by atoms with E-state index in [1.165, 1.54) is 0 Å². The molecule has 0 aliphatic heterocycles. The van der Waals surface area contributed by atoms with Gasteiger partial charge in [0.15, 0.2) is 0 Å². The van der Waals surface area contributed by atoms with Gasteiger partial charge in [0, 0.05) is 0 Å². The molecule has 0 heterocycles. The third kappa shape index (κ3) is 6.12. The Hall–Kier alpha value is -1.28. The third-order valence-corrected chi connectivity index (χ3v) is 2.42. The summed E-state index contributed by atoms with van der Waals surface area (Å²) >= 11 is 0. The lowest BCUT2D eigenvalue weighted by Gasteiger charge is -2.14. The van der Waals surface area contributed by atoms with E-state index in [1.807, 2.05) is 45.0 Å². The normalized spacial score (nSPS) is 12.0. The summed E-state index contributed by atoms with van der Waals surface area (Å²) in [5.74, 6) is 0.904. The van der Waals surface area contributed by atoms with Crippen molar-refractivity contribution < 1.29 is 9.84 Å². The second-order valence-corrected chi connectivity index (χ2v) is 4.76. The van der Waals surface area contributed by atoms with Gasteiger partial charge in [-0.3, -0.25) is 0 Å². The van der Waals surface area contributed by atoms with E-state index in [0.29, 0.717) is 6.61 Å². The predicted octanol–water partition coefficient (Wildman–Crippen LogP) is 3.65. The van der Waals surface area contributed by atoms with Gasteiger partial charge in [-0.05, 0) is 51.3 Å². The highest BCUT2D eigenvalue weighted by Crippen LogP contribution is 2.15. The van der Waals surface area contributed by atoms with Crippen LogP contribution in [0.1, 0.15) is 39.2 Å². The van der Waals surface area contributed by atoms with Crippen molar-refractivity contribution in [1.29, 1.82) is 0 Å². The maximum absolute atomic E-state index is 9.56. The number of benzene rings is 1. The molecule has 2 heteroatoms. The van der Waals surface area contributed by atoms with Crippen LogP contribution in [0.2, 0.25) is 0 Å². The molecule has 0 bridgehead atoms. The highest BCUT2D eigenvalue weighted by Gasteiger charge is 2.09. The van der Waals surface area contributed by atoms with Gasteiger partial charge < -0.3 is 9.84 Å². The molecular formula is C15H22O2. The van der Waals surface area contributed by atoms with Crippen molar-refractivity contribution in [3.05, 3.63) is 35.9 Å². The van der Waals surface area contributed by atoms with E-state index in [0.717, 1.165) is 24.2 Å². The number of rotatable bonds is 6. The lowest BCUT2D eigenvalue weighted by atomic mass is 10.0. The van der Waals surface area contributed by atoms with Crippen LogP contribution >= 0.6 is 0 Å². The van der Waals surface area contributed by atoms with Crippen LogP contribution in [0.5, 0.6) is 5.75 Å². The van der Waals surface area contributed by atoms with Gasteiger partial charge in [-0.1, -0.05) is 24.3 Å². The van der Waals surface area contributed by atoms with E-state index < -0.39 is 5.60 Å². The van der Waals surface area contributed by atoms with E-state index in [9.17, 15) is 5.11 Å². The van der Waals surface area contributed by atoms with Gasteiger partial charge in [0.2, 0.25) is 0 Å². The molecule has 0 atom stereocenters. The Kier molecular flexibility index (Phi) is 5.23. The molecule has 0 aromatic heterocycles. The Labute approximate surface area is 104 Å². The Morgan fingerprint density at radius 2 is 1.88 bits per heavy atom. The molecule has 1 N–H and O–H groups in total. The van der Waals surface area contributed by atoms with Crippen molar-refractivity contribution in [2.45, 2.75) is 39.2 Å². The van der Waals surface area contributed by atoms with Crippen molar-refractivity contribution in [2.24, 2.45) is 0 Å². The van der Waals surface area contributed by atoms with Crippen LogP contribution in [-0.4, -0.2) is 17.3 Å². The van der Waals surface area contributed by atoms with Crippen LogP contribution in [0.25, 0.3) is 6.08 Å². The molecule has 0 amide bonds. The molecule has 0 spiro atoms. The van der Waals surface area contributed by atoms with Gasteiger partial charge in [-0.15, -0.1) is 0 Å². The first kappa shape index (κ1) is 13.8. The molecule has 1 aromatic carbocycles. The predicted molar refractivity (Wildman–Crippen MR) is 72.2 cm³/mol. The highest BCUT2D eigenvalue weighted by atomic mass is 16.5. The molecule has 0 radical (unpaired) electrons. The van der Waals surface area contributed by atoms with Crippen molar-refractivity contribution >= 4 is 6.08 Å². The number of aliphatic hydroxyl groups is 1. The average Bonchev–Trinajstić information content (AvgIpc) is 2.26. The summed E-state index contributed by atoms with van der Waals surface area (Å²) in [6.45, 7) is 6.33. The lowest BCUT2D eigenvalue weighted by molar-refractivity contribution is 0.0722. The molecule has 0 aliphatic carbocycles. The number of hydrogen-bond donors (Lipinski definition) is 1. The molecule has 17 heavy (non-hydrogen) atoms. The monoisotopic (exact) mass is 234 g/mol. The molecule has 0 aliphatic rings. The van der Waals surface area contributed by atoms with Crippen LogP contribution in [-0.2, 0) is 0 Å². The Morgan fingerprint density at radius 3 is 2.41 bits per heavy atom. The molecule has 1 rings (SSSR count). The van der Waals surface area contributed by atoms with Gasteiger partial charge >= 0.3 is 0 Å². The molecule has 0 saturated carbocycles. The SMILES string of the molecule is CCOc1ccc(/C=C/CCC(C)(C)O)cc1. The van der Waals surface area contributed by atoms with Crippen molar-refractivity contribution in [2.75, 3.05) is 6.61 Å². The molecule has 0 unspecified atom stereocenters. The fraction of sp³-hybridized carbons (Fsp3) is 0.467. The van der Waals surface area contributed by atoms with E-state index in [4.69, 9.17) is 4.74 Å². The lowest BCUT2D eigenvalue weighted by Crippen LogP contribution is -2.17. The van der Waals surface area contributed by atoms with E-state index in [1.54, 1.807) is 0 Å². The van der Waals surface area contributed by atoms with E-state index in [2.05, 4.69) is 12.2 Å². The summed E-state index contributed by atoms with van der Waals surface area (Å²) in [5, 5.41) is 9.56. The quantitative estimate of drug-likeness (QED) is 0.814. The molecule has 0 saturated heterocycles. The maximum Gasteiger partial charge on any atom is 0.119 e. The largest absolute Gasteiger partial charge is 0.494 e. The Balaban J connectivity index is 2.43. The van der Waals surface area contributed by atoms with Crippen LogP contribution in [0.4, 0.5) is 0 Å². The first-order valence-electron chi connectivity index (χ1n) is 6.13. The van der Waals surface area contributed by atoms with E-state index >= 15 is 0 Å². The minimum atomic E-state index is -0.580. The molecule has 0 fully saturated rings. The third-order valence-electron chi connectivity index (χ3n) is 2.42. The maximum atomic E-state index is 9.56. The number of allylic oxidation sites excluding steroid dienone is 1. The summed E-state index contributed by atoms with van der Waals surface area (Å²) in [7, 11) is 0. The van der Waals surface area contributed by atoms with Gasteiger partial charge in [0.1, 0.15) is 5.75 Å². The minimum absolute atomic E-state index is 0.580. The first-order chi connectivity index (χ1) is 8.01. The fourth-order valence-corrected chi connectivity index (χ4v) is 1.50. The van der Waals surface area contributed by atoms with E-state index in [-0.39, 0.29) is 0 Å². The number of hydrogen-bond acceptors (Lipinski definition) is 2. The topological polar surface area (TPSA) is 29.5 Å². The molecular weight excluding hydrogens is 212 g/mol. The summed E-state index contributed by atoms with van der Waals surface area (Å²) in [6, 6.07) is 8.01. The second-order valence-electron chi connectivity index (χ2n) is 4.76. The zero-order chi connectivity index (χ0) is 12.7. The summed E-state index contributed by atoms with van der Waals surface area (Å²) in [5.41, 5.74) is 0.576. The van der Waals surface area contributed by atoms with Gasteiger partial charge in [-0.25, -0.2) is 0 Å². The smallest absolute Gasteiger partial charge is 0.119 e. The highest BCUT2D eigenvalue weighted by molar-refractivity contribution is 5.50. The van der Waals surface area contributed by atoms with Crippen LogP contribution in [0.15, 0.2) is 30.3 Å². The average molecular weight is 234 g/mol. The standard InChI is InChI=1S/C15H22O2/c1-4-17-14-10-8-13(9-11-14)7-5-6-12-15(2,3)16/h5,7-11,16H,4,6,12H2,1-3H3/b7-5+. The van der Waals surface area contributed by atoms with Crippen molar-refractivity contribution in [1.82, 2.24) is 0 Å². The summed E-state index contributed by atoms with van der Waals surface area (Å²) < 4.78 is 5.37. The molecule has 94 valence electrons. The van der Waals surface area contributed by atoms with Gasteiger partial charge in [-0.2, -0.15) is 0 Å². The van der Waals surface area contributed by atoms with Crippen LogP contribution < -0.4 is 4.74 Å². The van der Waals surface area contributed by atoms with Crippen molar-refractivity contribution in [3.8, 4) is 5.75 Å². The summed E-state index contributed by atoms with van der Waals surface area (Å²) in [4.78, 5) is 0. The van der Waals surface area contributed by atoms with Gasteiger partial charge in [0.25, 0.3) is 0 Å². The zero-order valence-electron chi connectivity index (χ0n) is 10.9. The summed E-state index contributed by atoms with van der Waals surface area (Å²) in [6.07, 6.45) is 5.83. The Bertz CT molecular complexity index is 344. The fourth-order valence-electron chi connectivity index (χ4n) is 1.50. The Morgan fingerprint density at radius 1 is 1.24 bits per heavy atom. The van der Waals surface area contributed by atoms with Crippen molar-refractivity contribution in [3.63, 3.8) is 0 Å². The minimum Gasteiger partial charge on any atom is -0.494 e. The van der Waals surface area contributed by atoms with Crippen LogP contribution in [0.3, 0.4) is 0 Å². The number of ether oxygens (including phenoxy) is 1. The van der Waals surface area contributed by atoms with Crippen LogP contribution in [0, 0.1) is 0 Å². The van der Waals surface area contributed by atoms with Gasteiger partial charge in [0.05, 0.1) is 12.2 Å². The second kappa shape index (κ2) is 6.45. The zero-order valence-corrected chi connectivity index (χ0v) is 10.9.